The molecule has 2 aromatic carbocycles. The first-order valence-electron chi connectivity index (χ1n) is 12.8. The Morgan fingerprint density at radius 1 is 1.20 bits per heavy atom. The number of carbonyl (C=O) groups excluding carboxylic acids is 2. The summed E-state index contributed by atoms with van der Waals surface area (Å²) in [5.41, 5.74) is 3.87. The van der Waals surface area contributed by atoms with Gasteiger partial charge in [-0.15, -0.1) is 11.3 Å². The largest absolute Gasteiger partial charge is 0.481 e. The van der Waals surface area contributed by atoms with Crippen LogP contribution < -0.4 is 10.2 Å². The molecule has 3 N–H and O–H groups in total. The number of ether oxygens (including phenoxy) is 1. The van der Waals surface area contributed by atoms with Crippen LogP contribution in [0.5, 0.6) is 0 Å². The van der Waals surface area contributed by atoms with Crippen molar-refractivity contribution in [2.24, 2.45) is 5.41 Å². The van der Waals surface area contributed by atoms with Crippen molar-refractivity contribution in [2.45, 2.75) is 52.7 Å². The summed E-state index contributed by atoms with van der Waals surface area (Å²) in [7, 11) is 0. The van der Waals surface area contributed by atoms with Crippen molar-refractivity contribution >= 4 is 51.5 Å². The molecule has 0 bridgehead atoms. The number of aryl methyl sites for hydroxylation is 1. The Hall–Kier alpha value is -3.31. The first-order chi connectivity index (χ1) is 18.9. The molecule has 4 rings (SSSR count). The molecule has 1 aliphatic rings. The summed E-state index contributed by atoms with van der Waals surface area (Å²) in [6, 6.07) is 11.1. The number of carboxylic acids is 1. The van der Waals surface area contributed by atoms with Crippen molar-refractivity contribution in [3.8, 4) is 0 Å². The lowest BCUT2D eigenvalue weighted by molar-refractivity contribution is -0.136. The fourth-order valence-corrected chi connectivity index (χ4v) is 5.49. The molecule has 0 unspecified atom stereocenters. The number of aromatic nitrogens is 1. The smallest absolute Gasteiger partial charge is 0.309 e. The van der Waals surface area contributed by atoms with E-state index in [1.807, 2.05) is 45.9 Å². The third-order valence-electron chi connectivity index (χ3n) is 6.85. The quantitative estimate of drug-likeness (QED) is 0.325. The Labute approximate surface area is 241 Å². The highest BCUT2D eigenvalue weighted by Crippen LogP contribution is 2.42. The van der Waals surface area contributed by atoms with E-state index in [0.717, 1.165) is 28.0 Å². The van der Waals surface area contributed by atoms with Gasteiger partial charge in [-0.25, -0.2) is 4.98 Å². The molecule has 0 saturated heterocycles. The lowest BCUT2D eigenvalue weighted by Crippen LogP contribution is -2.46. The van der Waals surface area contributed by atoms with E-state index in [1.54, 1.807) is 28.5 Å². The number of carboxylic acid groups (broad SMARTS) is 1. The number of aliphatic hydroxyl groups is 1. The Kier molecular flexibility index (Phi) is 8.94. The predicted octanol–water partition coefficient (Wildman–Crippen LogP) is 4.91. The van der Waals surface area contributed by atoms with E-state index in [2.05, 4.69) is 10.3 Å². The first-order valence-corrected chi connectivity index (χ1v) is 14.0. The predicted molar refractivity (Wildman–Crippen MR) is 154 cm³/mol. The van der Waals surface area contributed by atoms with Gasteiger partial charge >= 0.3 is 5.97 Å². The highest BCUT2D eigenvalue weighted by atomic mass is 35.5. The van der Waals surface area contributed by atoms with Crippen molar-refractivity contribution in [3.63, 3.8) is 0 Å². The molecule has 1 aliphatic heterocycles. The number of hydrogen-bond acceptors (Lipinski definition) is 7. The lowest BCUT2D eigenvalue weighted by Gasteiger charge is -2.32. The minimum absolute atomic E-state index is 0.158. The van der Waals surface area contributed by atoms with E-state index in [-0.39, 0.29) is 31.1 Å². The molecule has 1 aromatic heterocycles. The van der Waals surface area contributed by atoms with Gasteiger partial charge in [-0.05, 0) is 48.7 Å². The van der Waals surface area contributed by atoms with E-state index < -0.39 is 35.4 Å². The molecule has 0 aliphatic carbocycles. The van der Waals surface area contributed by atoms with E-state index in [1.165, 1.54) is 0 Å². The SMILES string of the molecule is Cc1cccc([C@H]2O[C@H](CC(=O)Nc3nc(CC(=O)O)cs3)C(=O)N(CC(C)(C)CO)c3ccc(Cl)cc32)c1C. The van der Waals surface area contributed by atoms with Crippen LogP contribution in [-0.4, -0.2) is 52.2 Å². The number of hydrogen-bond donors (Lipinski definition) is 3. The molecule has 9 nitrogen and oxygen atoms in total. The van der Waals surface area contributed by atoms with Crippen LogP contribution in [0.25, 0.3) is 0 Å². The van der Waals surface area contributed by atoms with E-state index in [0.29, 0.717) is 22.0 Å². The third kappa shape index (κ3) is 6.69. The lowest BCUT2D eigenvalue weighted by atomic mass is 9.91. The number of carbonyl (C=O) groups is 3. The fourth-order valence-electron chi connectivity index (χ4n) is 4.58. The normalized spacial score (nSPS) is 17.4. The summed E-state index contributed by atoms with van der Waals surface area (Å²) in [6.07, 6.45) is -2.42. The molecule has 2 heterocycles. The maximum absolute atomic E-state index is 14.1. The van der Waals surface area contributed by atoms with Crippen LogP contribution in [0.3, 0.4) is 0 Å². The zero-order valence-corrected chi connectivity index (χ0v) is 24.3. The standard InChI is InChI=1S/C29H32ClN3O6S/c1-16-6-5-7-20(17(16)2)26-21-10-18(30)8-9-22(21)33(14-29(3,4)15-34)27(38)23(39-26)12-24(35)32-28-31-19(13-40-28)11-25(36)37/h5-10,13,23,26,34H,11-12,14-15H2,1-4H3,(H,36,37)(H,31,32,35)/t23-,26-/m1/s1. The number of thiazole rings is 1. The monoisotopic (exact) mass is 585 g/mol. The van der Waals surface area contributed by atoms with Crippen LogP contribution in [0.2, 0.25) is 5.02 Å². The van der Waals surface area contributed by atoms with Crippen LogP contribution in [0.4, 0.5) is 10.8 Å². The molecule has 40 heavy (non-hydrogen) atoms. The summed E-state index contributed by atoms with van der Waals surface area (Å²) in [5.74, 6) is -1.94. The van der Waals surface area contributed by atoms with Gasteiger partial charge < -0.3 is 25.2 Å². The van der Waals surface area contributed by atoms with Crippen LogP contribution in [0, 0.1) is 19.3 Å². The van der Waals surface area contributed by atoms with Gasteiger partial charge in [0.1, 0.15) is 12.2 Å². The number of benzene rings is 2. The second kappa shape index (κ2) is 12.1. The van der Waals surface area contributed by atoms with Crippen LogP contribution in [0.15, 0.2) is 41.8 Å². The summed E-state index contributed by atoms with van der Waals surface area (Å²) in [6.45, 7) is 7.70. The van der Waals surface area contributed by atoms with Gasteiger partial charge in [-0.1, -0.05) is 43.6 Å². The average molecular weight is 586 g/mol. The van der Waals surface area contributed by atoms with Gasteiger partial charge in [0.05, 0.1) is 18.5 Å². The van der Waals surface area contributed by atoms with Crippen molar-refractivity contribution in [3.05, 3.63) is 74.7 Å². The van der Waals surface area contributed by atoms with Gasteiger partial charge in [0.2, 0.25) is 5.91 Å². The fraction of sp³-hybridized carbons (Fsp3) is 0.379. The Balaban J connectivity index is 1.74. The number of anilines is 2. The van der Waals surface area contributed by atoms with Crippen LogP contribution >= 0.6 is 22.9 Å². The molecular formula is C29H32ClN3O6S. The van der Waals surface area contributed by atoms with Crippen molar-refractivity contribution in [2.75, 3.05) is 23.4 Å². The van der Waals surface area contributed by atoms with E-state index in [4.69, 9.17) is 21.4 Å². The van der Waals surface area contributed by atoms with Gasteiger partial charge in [-0.2, -0.15) is 0 Å². The minimum atomic E-state index is -1.16. The van der Waals surface area contributed by atoms with Gasteiger partial charge in [0, 0.05) is 40.2 Å². The Bertz CT molecular complexity index is 1440. The molecule has 11 heteroatoms. The van der Waals surface area contributed by atoms with Crippen molar-refractivity contribution < 1.29 is 29.3 Å². The molecule has 0 fully saturated rings. The zero-order chi connectivity index (χ0) is 29.2. The van der Waals surface area contributed by atoms with Gasteiger partial charge in [0.15, 0.2) is 5.13 Å². The van der Waals surface area contributed by atoms with Crippen LogP contribution in [0.1, 0.15) is 54.3 Å². The summed E-state index contributed by atoms with van der Waals surface area (Å²) >= 11 is 7.54. The van der Waals surface area contributed by atoms with E-state index >= 15 is 0 Å². The molecule has 0 spiro atoms. The van der Waals surface area contributed by atoms with Crippen LogP contribution in [-0.2, 0) is 25.5 Å². The zero-order valence-electron chi connectivity index (χ0n) is 22.7. The molecule has 2 atom stereocenters. The molecular weight excluding hydrogens is 554 g/mol. The van der Waals surface area contributed by atoms with E-state index in [9.17, 15) is 19.5 Å². The Morgan fingerprint density at radius 2 is 1.95 bits per heavy atom. The minimum Gasteiger partial charge on any atom is -0.481 e. The molecule has 3 aromatic rings. The van der Waals surface area contributed by atoms with Crippen molar-refractivity contribution in [1.29, 1.82) is 0 Å². The number of fused-ring (bicyclic) bond motifs is 1. The number of amides is 2. The summed E-state index contributed by atoms with van der Waals surface area (Å²) < 4.78 is 6.50. The second-order valence-electron chi connectivity index (χ2n) is 10.7. The van der Waals surface area contributed by atoms with Gasteiger partial charge in [0.25, 0.3) is 5.91 Å². The first kappa shape index (κ1) is 29.7. The molecule has 2 amide bonds. The molecule has 212 valence electrons. The number of aliphatic hydroxyl groups excluding tert-OH is 1. The number of halogens is 1. The Morgan fingerprint density at radius 3 is 2.65 bits per heavy atom. The number of nitrogens with one attached hydrogen (secondary N) is 1. The third-order valence-corrected chi connectivity index (χ3v) is 7.89. The summed E-state index contributed by atoms with van der Waals surface area (Å²) in [5, 5.41) is 23.9. The van der Waals surface area contributed by atoms with Gasteiger partial charge in [-0.3, -0.25) is 14.4 Å². The van der Waals surface area contributed by atoms with Crippen molar-refractivity contribution in [1.82, 2.24) is 4.98 Å². The highest BCUT2D eigenvalue weighted by Gasteiger charge is 2.40. The molecule has 0 radical (unpaired) electrons. The molecule has 0 saturated carbocycles. The second-order valence-corrected chi connectivity index (χ2v) is 12.0. The highest BCUT2D eigenvalue weighted by molar-refractivity contribution is 7.13. The maximum atomic E-state index is 14.1. The topological polar surface area (TPSA) is 129 Å². The number of rotatable bonds is 9. The maximum Gasteiger partial charge on any atom is 0.309 e. The number of nitrogens with zero attached hydrogens (tertiary/aromatic N) is 2. The number of aliphatic carboxylic acids is 1. The summed E-state index contributed by atoms with van der Waals surface area (Å²) in [4.78, 5) is 43.9. The average Bonchev–Trinajstić information content (AvgIpc) is 3.28.